The van der Waals surface area contributed by atoms with Gasteiger partial charge in [0, 0.05) is 0 Å². The Labute approximate surface area is 83.2 Å². The maximum Gasteiger partial charge on any atom is 0.311 e. The van der Waals surface area contributed by atoms with Crippen LogP contribution < -0.4 is 0 Å². The minimum Gasteiger partial charge on any atom is -0.481 e. The molecule has 0 amide bonds. The number of hydrogen-bond acceptors (Lipinski definition) is 3. The summed E-state index contributed by atoms with van der Waals surface area (Å²) < 4.78 is 4.69. The first kappa shape index (κ1) is 11.0. The predicted molar refractivity (Wildman–Crippen MR) is 49.7 cm³/mol. The van der Waals surface area contributed by atoms with E-state index in [2.05, 4.69) is 4.74 Å². The summed E-state index contributed by atoms with van der Waals surface area (Å²) in [5, 5.41) is 8.87. The number of carboxylic acid groups (broad SMARTS) is 1. The lowest BCUT2D eigenvalue weighted by atomic mass is 9.71. The zero-order valence-electron chi connectivity index (χ0n) is 8.58. The molecule has 0 bridgehead atoms. The summed E-state index contributed by atoms with van der Waals surface area (Å²) in [6.07, 6.45) is 2.57. The average Bonchev–Trinajstić information content (AvgIpc) is 2.16. The lowest BCUT2D eigenvalue weighted by Gasteiger charge is -2.33. The monoisotopic (exact) mass is 200 g/mol. The van der Waals surface area contributed by atoms with Gasteiger partial charge >= 0.3 is 11.9 Å². The Kier molecular flexibility index (Phi) is 3.13. The van der Waals surface area contributed by atoms with Gasteiger partial charge in [-0.05, 0) is 26.2 Å². The van der Waals surface area contributed by atoms with Crippen molar-refractivity contribution < 1.29 is 19.4 Å². The standard InChI is InChI=1S/C10H16O4/c1-10(9(13)14-2)5-3-4-7(6-10)8(11)12/h7H,3-6H2,1-2H3,(H,11,12)/t7-,10+/m1/s1. The predicted octanol–water partition coefficient (Wildman–Crippen LogP) is 1.44. The van der Waals surface area contributed by atoms with Crippen molar-refractivity contribution in [2.24, 2.45) is 11.3 Å². The summed E-state index contributed by atoms with van der Waals surface area (Å²) in [5.41, 5.74) is -0.601. The van der Waals surface area contributed by atoms with E-state index in [4.69, 9.17) is 5.11 Å². The molecule has 4 nitrogen and oxygen atoms in total. The second-order valence-corrected chi connectivity index (χ2v) is 4.18. The molecule has 14 heavy (non-hydrogen) atoms. The molecule has 0 radical (unpaired) electrons. The van der Waals surface area contributed by atoms with E-state index in [0.717, 1.165) is 12.8 Å². The van der Waals surface area contributed by atoms with Gasteiger partial charge in [0.2, 0.25) is 0 Å². The average molecular weight is 200 g/mol. The molecule has 4 heteroatoms. The van der Waals surface area contributed by atoms with E-state index in [-0.39, 0.29) is 5.97 Å². The van der Waals surface area contributed by atoms with Gasteiger partial charge in [-0.25, -0.2) is 0 Å². The van der Waals surface area contributed by atoms with Crippen LogP contribution in [0.3, 0.4) is 0 Å². The van der Waals surface area contributed by atoms with Gasteiger partial charge in [-0.3, -0.25) is 9.59 Å². The van der Waals surface area contributed by atoms with Crippen LogP contribution in [0.25, 0.3) is 0 Å². The van der Waals surface area contributed by atoms with Gasteiger partial charge in [-0.1, -0.05) is 6.42 Å². The van der Waals surface area contributed by atoms with Crippen LogP contribution in [0.1, 0.15) is 32.6 Å². The fourth-order valence-corrected chi connectivity index (χ4v) is 2.13. The van der Waals surface area contributed by atoms with Crippen molar-refractivity contribution in [1.29, 1.82) is 0 Å². The summed E-state index contributed by atoms with van der Waals surface area (Å²) >= 11 is 0. The van der Waals surface area contributed by atoms with Crippen molar-refractivity contribution in [3.63, 3.8) is 0 Å². The molecule has 0 spiro atoms. The minimum absolute atomic E-state index is 0.288. The number of methoxy groups -OCH3 is 1. The smallest absolute Gasteiger partial charge is 0.311 e. The van der Waals surface area contributed by atoms with Crippen LogP contribution in [0, 0.1) is 11.3 Å². The van der Waals surface area contributed by atoms with Crippen molar-refractivity contribution in [2.75, 3.05) is 7.11 Å². The molecule has 0 aromatic rings. The molecule has 0 aromatic heterocycles. The van der Waals surface area contributed by atoms with Gasteiger partial charge in [0.1, 0.15) is 0 Å². The topological polar surface area (TPSA) is 63.6 Å². The summed E-state index contributed by atoms with van der Waals surface area (Å²) in [7, 11) is 1.35. The fourth-order valence-electron chi connectivity index (χ4n) is 2.13. The van der Waals surface area contributed by atoms with Crippen molar-refractivity contribution in [3.05, 3.63) is 0 Å². The Morgan fingerprint density at radius 1 is 1.50 bits per heavy atom. The fraction of sp³-hybridized carbons (Fsp3) is 0.800. The third-order valence-electron chi connectivity index (χ3n) is 3.01. The van der Waals surface area contributed by atoms with E-state index < -0.39 is 17.3 Å². The summed E-state index contributed by atoms with van der Waals surface area (Å²) in [6.45, 7) is 1.79. The van der Waals surface area contributed by atoms with Crippen molar-refractivity contribution in [3.8, 4) is 0 Å². The van der Waals surface area contributed by atoms with Crippen molar-refractivity contribution >= 4 is 11.9 Å². The summed E-state index contributed by atoms with van der Waals surface area (Å²) in [5.74, 6) is -1.49. The Hall–Kier alpha value is -1.06. The molecule has 2 atom stereocenters. The van der Waals surface area contributed by atoms with Crippen LogP contribution in [0.2, 0.25) is 0 Å². The van der Waals surface area contributed by atoms with Gasteiger partial charge < -0.3 is 9.84 Å². The van der Waals surface area contributed by atoms with Crippen molar-refractivity contribution in [1.82, 2.24) is 0 Å². The van der Waals surface area contributed by atoms with Crippen LogP contribution in [0.4, 0.5) is 0 Å². The molecule has 0 unspecified atom stereocenters. The minimum atomic E-state index is -0.806. The van der Waals surface area contributed by atoms with E-state index in [1.54, 1.807) is 6.92 Å². The highest BCUT2D eigenvalue weighted by atomic mass is 16.5. The molecule has 1 fully saturated rings. The van der Waals surface area contributed by atoms with Crippen LogP contribution >= 0.6 is 0 Å². The first-order valence-corrected chi connectivity index (χ1v) is 4.81. The quantitative estimate of drug-likeness (QED) is 0.685. The number of ether oxygens (including phenoxy) is 1. The highest BCUT2D eigenvalue weighted by Gasteiger charge is 2.41. The molecule has 1 aliphatic carbocycles. The van der Waals surface area contributed by atoms with E-state index in [9.17, 15) is 9.59 Å². The van der Waals surface area contributed by atoms with Crippen LogP contribution in [0.15, 0.2) is 0 Å². The lowest BCUT2D eigenvalue weighted by molar-refractivity contribution is -0.157. The highest BCUT2D eigenvalue weighted by molar-refractivity contribution is 5.78. The molecule has 0 heterocycles. The molecule has 0 aromatic carbocycles. The van der Waals surface area contributed by atoms with Gasteiger partial charge in [-0.15, -0.1) is 0 Å². The van der Waals surface area contributed by atoms with E-state index in [0.29, 0.717) is 12.8 Å². The second-order valence-electron chi connectivity index (χ2n) is 4.18. The molecule has 1 N–H and O–H groups in total. The number of hydrogen-bond donors (Lipinski definition) is 1. The molecule has 1 rings (SSSR count). The normalized spacial score (nSPS) is 32.3. The zero-order valence-corrected chi connectivity index (χ0v) is 8.58. The van der Waals surface area contributed by atoms with Crippen LogP contribution in [-0.4, -0.2) is 24.2 Å². The molecular formula is C10H16O4. The molecule has 0 aliphatic heterocycles. The third-order valence-corrected chi connectivity index (χ3v) is 3.01. The Balaban J connectivity index is 2.71. The van der Waals surface area contributed by atoms with Gasteiger partial charge in [-0.2, -0.15) is 0 Å². The maximum absolute atomic E-state index is 11.4. The number of rotatable bonds is 2. The third kappa shape index (κ3) is 2.05. The largest absolute Gasteiger partial charge is 0.481 e. The Bertz CT molecular complexity index is 249. The molecule has 1 aliphatic rings. The van der Waals surface area contributed by atoms with Crippen LogP contribution in [-0.2, 0) is 14.3 Å². The van der Waals surface area contributed by atoms with Crippen LogP contribution in [0.5, 0.6) is 0 Å². The molecule has 0 saturated heterocycles. The lowest BCUT2D eigenvalue weighted by Crippen LogP contribution is -2.37. The van der Waals surface area contributed by atoms with E-state index in [1.165, 1.54) is 7.11 Å². The Morgan fingerprint density at radius 2 is 2.14 bits per heavy atom. The number of carbonyl (C=O) groups is 2. The molecule has 80 valence electrons. The number of carbonyl (C=O) groups excluding carboxylic acids is 1. The Morgan fingerprint density at radius 3 is 2.64 bits per heavy atom. The first-order chi connectivity index (χ1) is 6.49. The first-order valence-electron chi connectivity index (χ1n) is 4.81. The maximum atomic E-state index is 11.4. The molecular weight excluding hydrogens is 184 g/mol. The number of carboxylic acids is 1. The van der Waals surface area contributed by atoms with Gasteiger partial charge in [0.05, 0.1) is 18.4 Å². The summed E-state index contributed by atoms with van der Waals surface area (Å²) in [4.78, 5) is 22.2. The zero-order chi connectivity index (χ0) is 10.8. The van der Waals surface area contributed by atoms with E-state index in [1.807, 2.05) is 0 Å². The highest BCUT2D eigenvalue weighted by Crippen LogP contribution is 2.40. The SMILES string of the molecule is COC(=O)[C@@]1(C)CCC[C@@H](C(=O)O)C1. The van der Waals surface area contributed by atoms with Crippen molar-refractivity contribution in [2.45, 2.75) is 32.6 Å². The van der Waals surface area contributed by atoms with Gasteiger partial charge in [0.15, 0.2) is 0 Å². The number of aliphatic carboxylic acids is 1. The second kappa shape index (κ2) is 3.98. The van der Waals surface area contributed by atoms with Gasteiger partial charge in [0.25, 0.3) is 0 Å². The van der Waals surface area contributed by atoms with E-state index >= 15 is 0 Å². The summed E-state index contributed by atoms with van der Waals surface area (Å²) in [6, 6.07) is 0. The molecule has 1 saturated carbocycles. The number of esters is 1.